The molecule has 5 nitrogen and oxygen atoms in total. The molecular weight excluding hydrogens is 358 g/mol. The molecule has 0 aliphatic heterocycles. The van der Waals surface area contributed by atoms with Crippen molar-refractivity contribution in [1.29, 1.82) is 0 Å². The zero-order valence-electron chi connectivity index (χ0n) is 16.4. The zero-order valence-corrected chi connectivity index (χ0v) is 16.4. The Morgan fingerprint density at radius 1 is 0.828 bits per heavy atom. The van der Waals surface area contributed by atoms with Gasteiger partial charge in [-0.1, -0.05) is 71.9 Å². The Kier molecular flexibility index (Phi) is 4.21. The summed E-state index contributed by atoms with van der Waals surface area (Å²) < 4.78 is 4.08. The summed E-state index contributed by atoms with van der Waals surface area (Å²) >= 11 is 0. The molecule has 2 heterocycles. The number of hydrogen-bond donors (Lipinski definition) is 0. The summed E-state index contributed by atoms with van der Waals surface area (Å²) in [6.45, 7) is 1.99. The third-order valence-corrected chi connectivity index (χ3v) is 5.35. The average molecular weight is 379 g/mol. The third-order valence-electron chi connectivity index (χ3n) is 5.35. The maximum Gasteiger partial charge on any atom is 0.0966 e. The number of rotatable bonds is 4. The lowest BCUT2D eigenvalue weighted by atomic mass is 9.98. The number of benzene rings is 3. The Bertz CT molecular complexity index is 1210. The summed E-state index contributed by atoms with van der Waals surface area (Å²) in [6, 6.07) is 27.5. The molecule has 0 aliphatic rings. The summed E-state index contributed by atoms with van der Waals surface area (Å²) in [5, 5.41) is 8.36. The highest BCUT2D eigenvalue weighted by atomic mass is 15.4. The molecule has 0 bridgehead atoms. The lowest BCUT2D eigenvalue weighted by Crippen LogP contribution is -2.11. The molecule has 0 saturated heterocycles. The predicted octanol–water partition coefficient (Wildman–Crippen LogP) is 4.78. The van der Waals surface area contributed by atoms with Crippen LogP contribution in [0.2, 0.25) is 0 Å². The molecule has 5 rings (SSSR count). The first-order valence-corrected chi connectivity index (χ1v) is 9.65. The van der Waals surface area contributed by atoms with E-state index in [0.29, 0.717) is 0 Å². The molecule has 29 heavy (non-hydrogen) atoms. The van der Waals surface area contributed by atoms with Crippen LogP contribution in [0.15, 0.2) is 85.2 Å². The normalized spacial score (nSPS) is 11.4. The number of fused-ring (bicyclic) bond motifs is 1. The minimum atomic E-state index is 0.0448. The summed E-state index contributed by atoms with van der Waals surface area (Å²) in [6.07, 6.45) is 1.94. The van der Waals surface area contributed by atoms with E-state index >= 15 is 0 Å². The van der Waals surface area contributed by atoms with E-state index in [1.165, 1.54) is 11.1 Å². The molecule has 0 spiro atoms. The fourth-order valence-corrected chi connectivity index (χ4v) is 4.02. The van der Waals surface area contributed by atoms with Crippen molar-refractivity contribution in [2.45, 2.75) is 13.0 Å². The zero-order chi connectivity index (χ0) is 19.8. The second kappa shape index (κ2) is 7.02. The molecule has 0 radical (unpaired) electrons. The van der Waals surface area contributed by atoms with E-state index in [0.717, 1.165) is 28.0 Å². The Hall–Kier alpha value is -3.73. The molecule has 0 saturated carbocycles. The van der Waals surface area contributed by atoms with E-state index in [-0.39, 0.29) is 6.04 Å². The Balaban J connectivity index is 1.73. The van der Waals surface area contributed by atoms with Crippen LogP contribution >= 0.6 is 0 Å². The number of hydrogen-bond acceptors (Lipinski definition) is 3. The molecule has 3 aromatic carbocycles. The van der Waals surface area contributed by atoms with Crippen molar-refractivity contribution in [2.24, 2.45) is 7.05 Å². The minimum absolute atomic E-state index is 0.0448. The van der Waals surface area contributed by atoms with E-state index in [1.807, 2.05) is 37.1 Å². The van der Waals surface area contributed by atoms with Gasteiger partial charge in [0.2, 0.25) is 0 Å². The van der Waals surface area contributed by atoms with Gasteiger partial charge in [0, 0.05) is 12.6 Å². The van der Waals surface area contributed by atoms with Gasteiger partial charge in [-0.3, -0.25) is 0 Å². The van der Waals surface area contributed by atoms with Crippen molar-refractivity contribution in [1.82, 2.24) is 24.5 Å². The molecule has 0 amide bonds. The number of nitrogens with zero attached hydrogens (tertiary/aromatic N) is 5. The molecule has 0 aliphatic carbocycles. The van der Waals surface area contributed by atoms with Crippen LogP contribution in [-0.4, -0.2) is 24.5 Å². The van der Waals surface area contributed by atoms with Gasteiger partial charge in [-0.05, 0) is 30.2 Å². The molecule has 142 valence electrons. The first-order valence-electron chi connectivity index (χ1n) is 9.65. The van der Waals surface area contributed by atoms with Crippen LogP contribution in [0.25, 0.3) is 22.3 Å². The number of aryl methyl sites for hydroxylation is 2. The maximum absolute atomic E-state index is 4.68. The van der Waals surface area contributed by atoms with Crippen LogP contribution < -0.4 is 0 Å². The Labute approximate surface area is 169 Å². The van der Waals surface area contributed by atoms with Gasteiger partial charge in [0.15, 0.2) is 0 Å². The SMILES string of the molecule is Cc1nnn(C)c1-c1ccc2ncn(C(c3ccccc3)c3ccccc3)c2c1. The van der Waals surface area contributed by atoms with Crippen LogP contribution in [-0.2, 0) is 7.05 Å². The van der Waals surface area contributed by atoms with Crippen LogP contribution in [0.4, 0.5) is 0 Å². The summed E-state index contributed by atoms with van der Waals surface area (Å²) in [5.41, 5.74) is 7.53. The van der Waals surface area contributed by atoms with Gasteiger partial charge in [0.1, 0.15) is 0 Å². The van der Waals surface area contributed by atoms with Crippen LogP contribution in [0.3, 0.4) is 0 Å². The van der Waals surface area contributed by atoms with Gasteiger partial charge in [0.25, 0.3) is 0 Å². The van der Waals surface area contributed by atoms with E-state index in [1.54, 1.807) is 0 Å². The van der Waals surface area contributed by atoms with Crippen LogP contribution in [0.1, 0.15) is 22.9 Å². The second-order valence-corrected chi connectivity index (χ2v) is 7.23. The molecule has 2 aromatic heterocycles. The summed E-state index contributed by atoms with van der Waals surface area (Å²) in [5.74, 6) is 0. The predicted molar refractivity (Wildman–Crippen MR) is 115 cm³/mol. The monoisotopic (exact) mass is 379 g/mol. The fraction of sp³-hybridized carbons (Fsp3) is 0.125. The average Bonchev–Trinajstić information content (AvgIpc) is 3.32. The molecule has 0 fully saturated rings. The lowest BCUT2D eigenvalue weighted by molar-refractivity contribution is 0.697. The van der Waals surface area contributed by atoms with Crippen LogP contribution in [0.5, 0.6) is 0 Å². The van der Waals surface area contributed by atoms with Gasteiger partial charge < -0.3 is 4.57 Å². The lowest BCUT2D eigenvalue weighted by Gasteiger charge is -2.21. The van der Waals surface area contributed by atoms with Gasteiger partial charge in [-0.25, -0.2) is 9.67 Å². The quantitative estimate of drug-likeness (QED) is 0.452. The topological polar surface area (TPSA) is 48.5 Å². The molecule has 5 heteroatoms. The maximum atomic E-state index is 4.68. The van der Waals surface area contributed by atoms with Gasteiger partial charge in [0.05, 0.1) is 34.8 Å². The van der Waals surface area contributed by atoms with Gasteiger partial charge >= 0.3 is 0 Å². The Morgan fingerprint density at radius 3 is 2.07 bits per heavy atom. The summed E-state index contributed by atoms with van der Waals surface area (Å²) in [4.78, 5) is 4.68. The minimum Gasteiger partial charge on any atom is -0.319 e. The van der Waals surface area contributed by atoms with Crippen LogP contribution in [0, 0.1) is 6.92 Å². The smallest absolute Gasteiger partial charge is 0.0966 e. The van der Waals surface area contributed by atoms with Crippen molar-refractivity contribution in [2.75, 3.05) is 0 Å². The first kappa shape index (κ1) is 17.4. The molecule has 0 N–H and O–H groups in total. The number of aromatic nitrogens is 5. The van der Waals surface area contributed by atoms with E-state index in [9.17, 15) is 0 Å². The standard InChI is InChI=1S/C24H21N5/c1-17-23(28(2)27-26-17)20-13-14-21-22(15-20)29(16-25-21)24(18-9-5-3-6-10-18)19-11-7-4-8-12-19/h3-16,24H,1-2H3. The highest BCUT2D eigenvalue weighted by Crippen LogP contribution is 2.32. The van der Waals surface area contributed by atoms with E-state index in [4.69, 9.17) is 0 Å². The third kappa shape index (κ3) is 3.01. The van der Waals surface area contributed by atoms with E-state index in [2.05, 4.69) is 86.6 Å². The highest BCUT2D eigenvalue weighted by molar-refractivity contribution is 5.82. The van der Waals surface area contributed by atoms with Crippen molar-refractivity contribution >= 4 is 11.0 Å². The van der Waals surface area contributed by atoms with Gasteiger partial charge in [-0.2, -0.15) is 0 Å². The summed E-state index contributed by atoms with van der Waals surface area (Å²) in [7, 11) is 1.92. The highest BCUT2D eigenvalue weighted by Gasteiger charge is 2.19. The molecular formula is C24H21N5. The number of imidazole rings is 1. The Morgan fingerprint density at radius 2 is 1.48 bits per heavy atom. The molecule has 5 aromatic rings. The van der Waals surface area contributed by atoms with Crippen molar-refractivity contribution in [3.05, 3.63) is 102 Å². The van der Waals surface area contributed by atoms with E-state index < -0.39 is 0 Å². The molecule has 0 unspecified atom stereocenters. The van der Waals surface area contributed by atoms with Crippen molar-refractivity contribution in [3.63, 3.8) is 0 Å². The first-order chi connectivity index (χ1) is 14.2. The van der Waals surface area contributed by atoms with Gasteiger partial charge in [-0.15, -0.1) is 5.10 Å². The fourth-order valence-electron chi connectivity index (χ4n) is 4.02. The second-order valence-electron chi connectivity index (χ2n) is 7.23. The largest absolute Gasteiger partial charge is 0.319 e. The van der Waals surface area contributed by atoms with Crippen molar-refractivity contribution < 1.29 is 0 Å². The van der Waals surface area contributed by atoms with Crippen molar-refractivity contribution in [3.8, 4) is 11.3 Å². The molecule has 0 atom stereocenters.